The fraction of sp³-hybridized carbons (Fsp3) is 0.414. The Morgan fingerprint density at radius 1 is 1.00 bits per heavy atom. The molecule has 1 aromatic heterocycles. The van der Waals surface area contributed by atoms with Gasteiger partial charge in [-0.25, -0.2) is 18.1 Å². The van der Waals surface area contributed by atoms with Crippen molar-refractivity contribution >= 4 is 50.7 Å². The highest BCUT2D eigenvalue weighted by Gasteiger charge is 2.28. The first-order valence-corrected chi connectivity index (χ1v) is 16.0. The number of halogens is 1. The summed E-state index contributed by atoms with van der Waals surface area (Å²) in [5.41, 5.74) is 1.42. The summed E-state index contributed by atoms with van der Waals surface area (Å²) in [6.07, 6.45) is 7.27. The van der Waals surface area contributed by atoms with Gasteiger partial charge in [0.15, 0.2) is 5.82 Å². The molecule has 3 N–H and O–H groups in total. The molecule has 1 amide bonds. The van der Waals surface area contributed by atoms with E-state index in [1.807, 2.05) is 4.90 Å². The molecular formula is C29H36ClN7O4S. The summed E-state index contributed by atoms with van der Waals surface area (Å²) in [6.45, 7) is 3.83. The fourth-order valence-electron chi connectivity index (χ4n) is 5.50. The number of carbonyl (C=O) groups excluding carboxylic acids is 1. The Hall–Kier alpha value is -3.45. The number of hydrogen-bond acceptors (Lipinski definition) is 9. The summed E-state index contributed by atoms with van der Waals surface area (Å²) in [6, 6.07) is 12.2. The highest BCUT2D eigenvalue weighted by molar-refractivity contribution is 7.89. The van der Waals surface area contributed by atoms with Crippen molar-refractivity contribution in [3.63, 3.8) is 0 Å². The maximum atomic E-state index is 13.3. The van der Waals surface area contributed by atoms with Crippen LogP contribution in [0.1, 0.15) is 42.5 Å². The predicted molar refractivity (Wildman–Crippen MR) is 164 cm³/mol. The minimum Gasteiger partial charge on any atom is -0.495 e. The third kappa shape index (κ3) is 6.78. The third-order valence-corrected chi connectivity index (χ3v) is 9.55. The van der Waals surface area contributed by atoms with E-state index in [1.165, 1.54) is 58.8 Å². The van der Waals surface area contributed by atoms with E-state index in [1.54, 1.807) is 36.4 Å². The molecule has 5 rings (SSSR count). The van der Waals surface area contributed by atoms with E-state index in [0.717, 1.165) is 25.9 Å². The average molecular weight is 614 g/mol. The molecule has 2 aliphatic heterocycles. The van der Waals surface area contributed by atoms with E-state index >= 15 is 0 Å². The summed E-state index contributed by atoms with van der Waals surface area (Å²) in [7, 11) is -0.842. The molecule has 2 fully saturated rings. The number of methoxy groups -OCH3 is 1. The van der Waals surface area contributed by atoms with Crippen LogP contribution in [0.3, 0.4) is 0 Å². The minimum atomic E-state index is -3.72. The number of para-hydroxylation sites is 1. The number of anilines is 4. The molecule has 13 heteroatoms. The third-order valence-electron chi connectivity index (χ3n) is 7.80. The maximum absolute atomic E-state index is 13.3. The smallest absolute Gasteiger partial charge is 0.253 e. The molecular weight excluding hydrogens is 578 g/mol. The van der Waals surface area contributed by atoms with Crippen molar-refractivity contribution in [2.75, 3.05) is 51.0 Å². The number of benzene rings is 2. The lowest BCUT2D eigenvalue weighted by molar-refractivity contribution is 0.0589. The lowest BCUT2D eigenvalue weighted by atomic mass is 9.99. The molecule has 0 saturated carbocycles. The number of piperidine rings is 2. The first-order valence-electron chi connectivity index (χ1n) is 14.1. The average Bonchev–Trinajstić information content (AvgIpc) is 3.03. The van der Waals surface area contributed by atoms with E-state index < -0.39 is 10.0 Å². The zero-order valence-corrected chi connectivity index (χ0v) is 25.3. The minimum absolute atomic E-state index is 0.0126. The van der Waals surface area contributed by atoms with Crippen LogP contribution in [0.15, 0.2) is 53.6 Å². The Bertz CT molecular complexity index is 1520. The second kappa shape index (κ2) is 13.2. The molecule has 11 nitrogen and oxygen atoms in total. The van der Waals surface area contributed by atoms with Crippen LogP contribution in [-0.2, 0) is 10.0 Å². The molecule has 0 aliphatic carbocycles. The summed E-state index contributed by atoms with van der Waals surface area (Å²) in [5.74, 6) is 0.864. The van der Waals surface area contributed by atoms with Crippen LogP contribution in [0, 0.1) is 0 Å². The molecule has 3 aromatic rings. The molecule has 0 unspecified atom stereocenters. The van der Waals surface area contributed by atoms with Gasteiger partial charge < -0.3 is 25.2 Å². The Morgan fingerprint density at radius 3 is 2.45 bits per heavy atom. The van der Waals surface area contributed by atoms with E-state index in [0.29, 0.717) is 28.7 Å². The SMILES string of the molecule is CNS(=O)(=O)c1ccccc1Nc1nc(Nc2ccc(C(=O)N3CCC(N4CCCCC4)CC3)cc2OC)ncc1Cl. The van der Waals surface area contributed by atoms with Gasteiger partial charge in [0.25, 0.3) is 5.91 Å². The summed E-state index contributed by atoms with van der Waals surface area (Å²) in [5, 5.41) is 6.31. The molecule has 0 bridgehead atoms. The number of rotatable bonds is 9. The number of likely N-dealkylation sites (tertiary alicyclic amines) is 2. The van der Waals surface area contributed by atoms with Crippen molar-refractivity contribution in [3.05, 3.63) is 59.2 Å². The van der Waals surface area contributed by atoms with Crippen molar-refractivity contribution in [3.8, 4) is 5.75 Å². The van der Waals surface area contributed by atoms with Gasteiger partial charge in [-0.1, -0.05) is 30.2 Å². The summed E-state index contributed by atoms with van der Waals surface area (Å²) < 4.78 is 32.8. The van der Waals surface area contributed by atoms with Gasteiger partial charge in [0.2, 0.25) is 16.0 Å². The lowest BCUT2D eigenvalue weighted by Crippen LogP contribution is -2.48. The van der Waals surface area contributed by atoms with Crippen LogP contribution in [0.4, 0.5) is 23.1 Å². The number of hydrogen-bond donors (Lipinski definition) is 3. The standard InChI is InChI=1S/C29H36ClN7O4S/c1-31-42(39,40)26-9-5-4-8-24(26)33-27-22(30)19-32-29(35-27)34-23-11-10-20(18-25(23)41-2)28(38)37-16-12-21(13-17-37)36-14-6-3-7-15-36/h4-5,8-11,18-19,21,31H,3,6-7,12-17H2,1-2H3,(H2,32,33,34,35). The topological polar surface area (TPSA) is 129 Å². The van der Waals surface area contributed by atoms with Crippen LogP contribution in [-0.4, -0.2) is 80.5 Å². The van der Waals surface area contributed by atoms with Crippen LogP contribution in [0.25, 0.3) is 0 Å². The number of ether oxygens (including phenoxy) is 1. The zero-order chi connectivity index (χ0) is 29.7. The molecule has 0 radical (unpaired) electrons. The van der Waals surface area contributed by atoms with Crippen LogP contribution in [0.2, 0.25) is 5.02 Å². The maximum Gasteiger partial charge on any atom is 0.253 e. The zero-order valence-electron chi connectivity index (χ0n) is 23.8. The molecule has 2 aromatic carbocycles. The van der Waals surface area contributed by atoms with Gasteiger partial charge >= 0.3 is 0 Å². The van der Waals surface area contributed by atoms with E-state index in [-0.39, 0.29) is 27.6 Å². The number of nitrogens with one attached hydrogen (secondary N) is 3. The van der Waals surface area contributed by atoms with E-state index in [9.17, 15) is 13.2 Å². The highest BCUT2D eigenvalue weighted by atomic mass is 35.5. The normalized spacial score (nSPS) is 16.7. The number of aromatic nitrogens is 2. The molecule has 2 saturated heterocycles. The second-order valence-electron chi connectivity index (χ2n) is 10.4. The molecule has 0 atom stereocenters. The summed E-state index contributed by atoms with van der Waals surface area (Å²) in [4.78, 5) is 26.6. The Labute approximate surface area is 251 Å². The molecule has 0 spiro atoms. The van der Waals surface area contributed by atoms with Crippen molar-refractivity contribution in [1.82, 2.24) is 24.5 Å². The van der Waals surface area contributed by atoms with Crippen molar-refractivity contribution < 1.29 is 17.9 Å². The quantitative estimate of drug-likeness (QED) is 0.316. The first kappa shape index (κ1) is 30.0. The number of sulfonamides is 1. The van der Waals surface area contributed by atoms with Crippen molar-refractivity contribution in [2.24, 2.45) is 0 Å². The van der Waals surface area contributed by atoms with E-state index in [4.69, 9.17) is 16.3 Å². The number of nitrogens with zero attached hydrogens (tertiary/aromatic N) is 4. The predicted octanol–water partition coefficient (Wildman–Crippen LogP) is 4.62. The second-order valence-corrected chi connectivity index (χ2v) is 12.6. The van der Waals surface area contributed by atoms with Gasteiger partial charge in [0.1, 0.15) is 15.7 Å². The summed E-state index contributed by atoms with van der Waals surface area (Å²) >= 11 is 6.34. The largest absolute Gasteiger partial charge is 0.495 e. The van der Waals surface area contributed by atoms with Crippen LogP contribution in [0.5, 0.6) is 5.75 Å². The lowest BCUT2D eigenvalue weighted by Gasteiger charge is -2.40. The Balaban J connectivity index is 1.28. The fourth-order valence-corrected chi connectivity index (χ4v) is 6.53. The first-order chi connectivity index (χ1) is 20.3. The number of amides is 1. The van der Waals surface area contributed by atoms with Gasteiger partial charge in [0.05, 0.1) is 24.7 Å². The monoisotopic (exact) mass is 613 g/mol. The molecule has 2 aliphatic rings. The van der Waals surface area contributed by atoms with Gasteiger partial charge in [-0.05, 0) is 76.2 Å². The van der Waals surface area contributed by atoms with Gasteiger partial charge in [-0.3, -0.25) is 4.79 Å². The van der Waals surface area contributed by atoms with Crippen LogP contribution >= 0.6 is 11.6 Å². The van der Waals surface area contributed by atoms with Crippen molar-refractivity contribution in [2.45, 2.75) is 43.0 Å². The molecule has 224 valence electrons. The Morgan fingerprint density at radius 2 is 1.74 bits per heavy atom. The number of carbonyl (C=O) groups is 1. The molecule has 3 heterocycles. The van der Waals surface area contributed by atoms with Crippen LogP contribution < -0.4 is 20.1 Å². The van der Waals surface area contributed by atoms with Gasteiger partial charge in [-0.2, -0.15) is 4.98 Å². The van der Waals surface area contributed by atoms with Gasteiger partial charge in [0, 0.05) is 24.7 Å². The van der Waals surface area contributed by atoms with Crippen molar-refractivity contribution in [1.29, 1.82) is 0 Å². The van der Waals surface area contributed by atoms with Gasteiger partial charge in [-0.15, -0.1) is 0 Å². The molecule has 42 heavy (non-hydrogen) atoms. The van der Waals surface area contributed by atoms with E-state index in [2.05, 4.69) is 30.2 Å². The Kier molecular flexibility index (Phi) is 9.47. The highest BCUT2D eigenvalue weighted by Crippen LogP contribution is 2.32.